The third-order valence-electron chi connectivity index (χ3n) is 4.49. The average Bonchev–Trinajstić information content (AvgIpc) is 3.26. The summed E-state index contributed by atoms with van der Waals surface area (Å²) in [5, 5.41) is 6.23. The lowest BCUT2D eigenvalue weighted by Crippen LogP contribution is -2.24. The van der Waals surface area contributed by atoms with Crippen LogP contribution in [0.4, 0.5) is 13.2 Å². The van der Waals surface area contributed by atoms with Gasteiger partial charge in [0.05, 0.1) is 0 Å². The van der Waals surface area contributed by atoms with Crippen LogP contribution in [-0.2, 0) is 6.54 Å². The monoisotopic (exact) mass is 373 g/mol. The van der Waals surface area contributed by atoms with Gasteiger partial charge in [0.1, 0.15) is 17.5 Å². The summed E-state index contributed by atoms with van der Waals surface area (Å²) in [6.45, 7) is 0.176. The number of benzene rings is 2. The van der Waals surface area contributed by atoms with Crippen molar-refractivity contribution < 1.29 is 22.5 Å². The van der Waals surface area contributed by atoms with E-state index in [4.69, 9.17) is 4.52 Å². The van der Waals surface area contributed by atoms with Crippen molar-refractivity contribution in [2.45, 2.75) is 24.8 Å². The SMILES string of the molecule is O=C(NCc1ccc(F)cc1)c1noc([C@@H]2C[C@H]2c2c(F)cccc2F)n1. The Morgan fingerprint density at radius 2 is 1.78 bits per heavy atom. The standard InChI is InChI=1S/C19H14F3N3O2/c20-11-6-4-10(5-7-11)9-23-18(26)17-24-19(27-25-17)13-8-12(13)16-14(21)2-1-3-15(16)22/h1-7,12-13H,8-9H2,(H,23,26)/t12-,13-/m1/s1. The zero-order valence-electron chi connectivity index (χ0n) is 14.0. The highest BCUT2D eigenvalue weighted by Crippen LogP contribution is 2.55. The van der Waals surface area contributed by atoms with Gasteiger partial charge in [0.25, 0.3) is 11.7 Å². The molecule has 1 aliphatic carbocycles. The zero-order valence-corrected chi connectivity index (χ0v) is 14.0. The zero-order chi connectivity index (χ0) is 19.0. The first-order valence-electron chi connectivity index (χ1n) is 8.33. The van der Waals surface area contributed by atoms with E-state index in [1.54, 1.807) is 12.1 Å². The van der Waals surface area contributed by atoms with Gasteiger partial charge in [-0.3, -0.25) is 4.79 Å². The highest BCUT2D eigenvalue weighted by molar-refractivity contribution is 5.90. The quantitative estimate of drug-likeness (QED) is 0.741. The van der Waals surface area contributed by atoms with E-state index in [2.05, 4.69) is 15.5 Å². The molecule has 0 bridgehead atoms. The molecule has 5 nitrogen and oxygen atoms in total. The molecule has 1 fully saturated rings. The van der Waals surface area contributed by atoms with Crippen LogP contribution in [0.25, 0.3) is 0 Å². The van der Waals surface area contributed by atoms with Gasteiger partial charge in [0, 0.05) is 23.9 Å². The molecule has 27 heavy (non-hydrogen) atoms. The number of aromatic nitrogens is 2. The minimum atomic E-state index is -0.612. The van der Waals surface area contributed by atoms with Crippen LogP contribution in [0, 0.1) is 17.5 Å². The number of nitrogens with one attached hydrogen (secondary N) is 1. The Balaban J connectivity index is 1.40. The van der Waals surface area contributed by atoms with Crippen LogP contribution in [0.1, 0.15) is 45.9 Å². The van der Waals surface area contributed by atoms with Crippen molar-refractivity contribution in [3.63, 3.8) is 0 Å². The first-order valence-corrected chi connectivity index (χ1v) is 8.33. The highest BCUT2D eigenvalue weighted by Gasteiger charge is 2.46. The minimum absolute atomic E-state index is 0.00279. The first kappa shape index (κ1) is 17.3. The molecule has 0 unspecified atom stereocenters. The minimum Gasteiger partial charge on any atom is -0.345 e. The molecule has 0 aliphatic heterocycles. The van der Waals surface area contributed by atoms with Crippen LogP contribution >= 0.6 is 0 Å². The Hall–Kier alpha value is -3.16. The molecular weight excluding hydrogens is 359 g/mol. The van der Waals surface area contributed by atoms with Crippen molar-refractivity contribution in [2.24, 2.45) is 0 Å². The van der Waals surface area contributed by atoms with E-state index in [9.17, 15) is 18.0 Å². The van der Waals surface area contributed by atoms with Crippen LogP contribution in [0.15, 0.2) is 47.0 Å². The second-order valence-electron chi connectivity index (χ2n) is 6.35. The lowest BCUT2D eigenvalue weighted by Gasteiger charge is -2.02. The van der Waals surface area contributed by atoms with E-state index < -0.39 is 17.5 Å². The maximum absolute atomic E-state index is 13.9. The van der Waals surface area contributed by atoms with Crippen molar-refractivity contribution in [1.82, 2.24) is 15.5 Å². The Bertz CT molecular complexity index is 968. The molecule has 1 aliphatic rings. The van der Waals surface area contributed by atoms with Crippen LogP contribution in [0.2, 0.25) is 0 Å². The third-order valence-corrected chi connectivity index (χ3v) is 4.49. The third kappa shape index (κ3) is 3.55. The van der Waals surface area contributed by atoms with Gasteiger partial charge in [-0.1, -0.05) is 23.4 Å². The summed E-state index contributed by atoms with van der Waals surface area (Å²) >= 11 is 0. The van der Waals surface area contributed by atoms with E-state index >= 15 is 0 Å². The molecule has 1 heterocycles. The topological polar surface area (TPSA) is 68.0 Å². The summed E-state index contributed by atoms with van der Waals surface area (Å²) in [4.78, 5) is 16.1. The Labute approximate surface area is 152 Å². The molecule has 2 atom stereocenters. The van der Waals surface area contributed by atoms with Gasteiger partial charge in [0.15, 0.2) is 0 Å². The number of carbonyl (C=O) groups excluding carboxylic acids is 1. The van der Waals surface area contributed by atoms with Gasteiger partial charge >= 0.3 is 0 Å². The molecule has 1 saturated carbocycles. The van der Waals surface area contributed by atoms with Crippen LogP contribution in [-0.4, -0.2) is 16.0 Å². The van der Waals surface area contributed by atoms with Crippen molar-refractivity contribution >= 4 is 5.91 Å². The van der Waals surface area contributed by atoms with E-state index in [0.29, 0.717) is 12.0 Å². The number of hydrogen-bond acceptors (Lipinski definition) is 4. The van der Waals surface area contributed by atoms with E-state index in [1.165, 1.54) is 30.3 Å². The molecule has 2 aromatic carbocycles. The first-order chi connectivity index (χ1) is 13.0. The average molecular weight is 373 g/mol. The number of carbonyl (C=O) groups is 1. The lowest BCUT2D eigenvalue weighted by atomic mass is 10.1. The summed E-state index contributed by atoms with van der Waals surface area (Å²) in [6, 6.07) is 9.41. The lowest BCUT2D eigenvalue weighted by molar-refractivity contribution is 0.0937. The van der Waals surface area contributed by atoms with Gasteiger partial charge in [-0.05, 0) is 36.2 Å². The fraction of sp³-hybridized carbons (Fsp3) is 0.211. The summed E-state index contributed by atoms with van der Waals surface area (Å²) in [5.41, 5.74) is 0.716. The van der Waals surface area contributed by atoms with Crippen LogP contribution in [0.5, 0.6) is 0 Å². The van der Waals surface area contributed by atoms with Gasteiger partial charge < -0.3 is 9.84 Å². The molecule has 0 radical (unpaired) electrons. The van der Waals surface area contributed by atoms with Crippen molar-refractivity contribution in [3.05, 3.63) is 82.8 Å². The van der Waals surface area contributed by atoms with Crippen molar-refractivity contribution in [2.75, 3.05) is 0 Å². The second-order valence-corrected chi connectivity index (χ2v) is 6.35. The molecule has 0 saturated heterocycles. The molecule has 0 spiro atoms. The highest BCUT2D eigenvalue weighted by atomic mass is 19.1. The van der Waals surface area contributed by atoms with Gasteiger partial charge in [0.2, 0.25) is 5.89 Å². The normalized spacial score (nSPS) is 18.3. The molecule has 138 valence electrons. The molecule has 1 aromatic heterocycles. The fourth-order valence-corrected chi connectivity index (χ4v) is 2.99. The number of rotatable bonds is 5. The second kappa shape index (κ2) is 6.86. The summed E-state index contributed by atoms with van der Waals surface area (Å²) in [6.07, 6.45) is 0.469. The van der Waals surface area contributed by atoms with Crippen LogP contribution in [0.3, 0.4) is 0 Å². The Morgan fingerprint density at radius 3 is 2.48 bits per heavy atom. The smallest absolute Gasteiger partial charge is 0.292 e. The number of halogens is 3. The maximum atomic E-state index is 13.9. The predicted molar refractivity (Wildman–Crippen MR) is 88.3 cm³/mol. The number of amides is 1. The molecule has 1 N–H and O–H groups in total. The van der Waals surface area contributed by atoms with Gasteiger partial charge in [-0.2, -0.15) is 4.98 Å². The van der Waals surface area contributed by atoms with Gasteiger partial charge in [-0.15, -0.1) is 0 Å². The Kier molecular flexibility index (Phi) is 4.39. The maximum Gasteiger partial charge on any atom is 0.292 e. The molecular formula is C19H14F3N3O2. The van der Waals surface area contributed by atoms with E-state index in [0.717, 1.165) is 0 Å². The summed E-state index contributed by atoms with van der Waals surface area (Å²) in [7, 11) is 0. The summed E-state index contributed by atoms with van der Waals surface area (Å²) < 4.78 is 45.7. The molecule has 3 aromatic rings. The van der Waals surface area contributed by atoms with Gasteiger partial charge in [-0.25, -0.2) is 13.2 Å². The predicted octanol–water partition coefficient (Wildman–Crippen LogP) is 3.69. The van der Waals surface area contributed by atoms with Crippen molar-refractivity contribution in [3.8, 4) is 0 Å². The molecule has 8 heteroatoms. The van der Waals surface area contributed by atoms with Crippen molar-refractivity contribution in [1.29, 1.82) is 0 Å². The van der Waals surface area contributed by atoms with E-state index in [-0.39, 0.29) is 41.5 Å². The van der Waals surface area contributed by atoms with Crippen LogP contribution < -0.4 is 5.32 Å². The largest absolute Gasteiger partial charge is 0.345 e. The summed E-state index contributed by atoms with van der Waals surface area (Å²) in [5.74, 6) is -2.83. The molecule has 4 rings (SSSR count). The molecule has 1 amide bonds. The number of hydrogen-bond donors (Lipinski definition) is 1. The Morgan fingerprint density at radius 1 is 1.07 bits per heavy atom. The number of nitrogens with zero attached hydrogens (tertiary/aromatic N) is 2. The van der Waals surface area contributed by atoms with E-state index in [1.807, 2.05) is 0 Å². The fourth-order valence-electron chi connectivity index (χ4n) is 2.99.